The van der Waals surface area contributed by atoms with E-state index in [1.807, 2.05) is 45.0 Å². The Morgan fingerprint density at radius 3 is 2.79 bits per heavy atom. The molecule has 2 N–H and O–H groups in total. The Balaban J connectivity index is 1.86. The van der Waals surface area contributed by atoms with Crippen LogP contribution in [0.5, 0.6) is 0 Å². The van der Waals surface area contributed by atoms with Gasteiger partial charge in [-0.1, -0.05) is 38.1 Å². The fourth-order valence-corrected chi connectivity index (χ4v) is 3.00. The maximum atomic E-state index is 12.1. The number of thiazole rings is 1. The minimum atomic E-state index is -0.720. The Morgan fingerprint density at radius 2 is 2.08 bits per heavy atom. The van der Waals surface area contributed by atoms with Crippen LogP contribution in [-0.2, 0) is 4.74 Å². The van der Waals surface area contributed by atoms with Gasteiger partial charge in [0.15, 0.2) is 0 Å². The minimum Gasteiger partial charge on any atom is -0.389 e. The van der Waals surface area contributed by atoms with Crippen LogP contribution in [0.25, 0.3) is 10.6 Å². The number of carbonyl (C=O) groups is 1. The molecule has 2 rings (SSSR count). The van der Waals surface area contributed by atoms with Crippen LogP contribution in [-0.4, -0.2) is 41.9 Å². The van der Waals surface area contributed by atoms with E-state index in [1.165, 1.54) is 11.3 Å². The Morgan fingerprint density at radius 1 is 1.33 bits per heavy atom. The van der Waals surface area contributed by atoms with Crippen molar-refractivity contribution in [1.29, 1.82) is 0 Å². The summed E-state index contributed by atoms with van der Waals surface area (Å²) in [6.07, 6.45) is -0.720. The van der Waals surface area contributed by atoms with Crippen LogP contribution in [0.15, 0.2) is 29.6 Å². The zero-order valence-electron chi connectivity index (χ0n) is 14.3. The second-order valence-corrected chi connectivity index (χ2v) is 7.01. The number of aromatic nitrogens is 1. The Bertz CT molecular complexity index is 670. The van der Waals surface area contributed by atoms with Gasteiger partial charge >= 0.3 is 0 Å². The molecule has 2 aromatic rings. The predicted octanol–water partition coefficient (Wildman–Crippen LogP) is 2.88. The van der Waals surface area contributed by atoms with Gasteiger partial charge in [0.1, 0.15) is 10.7 Å². The first-order valence-electron chi connectivity index (χ1n) is 8.03. The Kier molecular flexibility index (Phi) is 6.90. The molecular weight excluding hydrogens is 324 g/mol. The van der Waals surface area contributed by atoms with Crippen LogP contribution >= 0.6 is 11.3 Å². The number of nitrogens with one attached hydrogen (secondary N) is 1. The number of hydrogen-bond donors (Lipinski definition) is 2. The van der Waals surface area contributed by atoms with Crippen molar-refractivity contribution in [2.75, 3.05) is 19.8 Å². The molecule has 24 heavy (non-hydrogen) atoms. The normalized spacial score (nSPS) is 12.4. The molecule has 1 aromatic heterocycles. The van der Waals surface area contributed by atoms with Crippen molar-refractivity contribution < 1.29 is 14.6 Å². The van der Waals surface area contributed by atoms with Gasteiger partial charge in [-0.3, -0.25) is 4.79 Å². The van der Waals surface area contributed by atoms with Gasteiger partial charge in [-0.2, -0.15) is 0 Å². The molecule has 1 unspecified atom stereocenters. The van der Waals surface area contributed by atoms with Crippen molar-refractivity contribution in [3.8, 4) is 10.6 Å². The van der Waals surface area contributed by atoms with Gasteiger partial charge in [0.2, 0.25) is 0 Å². The van der Waals surface area contributed by atoms with Gasteiger partial charge < -0.3 is 15.2 Å². The first-order chi connectivity index (χ1) is 11.5. The molecule has 0 aliphatic heterocycles. The topological polar surface area (TPSA) is 71.5 Å². The Labute approximate surface area is 146 Å². The molecule has 0 aliphatic carbocycles. The molecule has 130 valence electrons. The highest BCUT2D eigenvalue weighted by atomic mass is 32.1. The highest BCUT2D eigenvalue weighted by Gasteiger charge is 2.14. The maximum Gasteiger partial charge on any atom is 0.270 e. The molecule has 0 radical (unpaired) electrons. The predicted molar refractivity (Wildman–Crippen MR) is 96.3 cm³/mol. The number of benzene rings is 1. The second-order valence-electron chi connectivity index (χ2n) is 6.15. The number of rotatable bonds is 8. The van der Waals surface area contributed by atoms with E-state index in [4.69, 9.17) is 4.74 Å². The summed E-state index contributed by atoms with van der Waals surface area (Å²) in [4.78, 5) is 16.5. The zero-order valence-corrected chi connectivity index (χ0v) is 15.1. The van der Waals surface area contributed by atoms with Gasteiger partial charge in [0, 0.05) is 24.1 Å². The van der Waals surface area contributed by atoms with E-state index in [0.717, 1.165) is 16.1 Å². The molecule has 5 nitrogen and oxygen atoms in total. The van der Waals surface area contributed by atoms with Crippen molar-refractivity contribution >= 4 is 17.2 Å². The molecule has 0 aliphatic rings. The number of amides is 1. The van der Waals surface area contributed by atoms with Gasteiger partial charge in [-0.25, -0.2) is 4.98 Å². The van der Waals surface area contributed by atoms with Crippen molar-refractivity contribution in [2.24, 2.45) is 5.92 Å². The average Bonchev–Trinajstić information content (AvgIpc) is 3.02. The van der Waals surface area contributed by atoms with Crippen LogP contribution in [0.3, 0.4) is 0 Å². The summed E-state index contributed by atoms with van der Waals surface area (Å²) >= 11 is 1.44. The largest absolute Gasteiger partial charge is 0.389 e. The highest BCUT2D eigenvalue weighted by Crippen LogP contribution is 2.26. The number of aryl methyl sites for hydroxylation is 1. The standard InChI is InChI=1S/C18H24N2O3S/c1-12(2)9-23-10-14(21)8-19-17(22)16-11-24-18(20-16)15-7-5-4-6-13(15)3/h4-7,11-12,14,21H,8-10H2,1-3H3,(H,19,22). The lowest BCUT2D eigenvalue weighted by molar-refractivity contribution is 0.0259. The number of nitrogens with zero attached hydrogens (tertiary/aromatic N) is 1. The molecule has 1 amide bonds. The van der Waals surface area contributed by atoms with E-state index in [0.29, 0.717) is 18.2 Å². The van der Waals surface area contributed by atoms with Crippen LogP contribution in [0.1, 0.15) is 29.9 Å². The first kappa shape index (κ1) is 18.6. The summed E-state index contributed by atoms with van der Waals surface area (Å²) in [6, 6.07) is 7.94. The number of carbonyl (C=O) groups excluding carboxylic acids is 1. The van der Waals surface area contributed by atoms with Crippen molar-refractivity contribution in [3.05, 3.63) is 40.9 Å². The van der Waals surface area contributed by atoms with Crippen LogP contribution in [0.4, 0.5) is 0 Å². The average molecular weight is 348 g/mol. The number of aliphatic hydroxyl groups excluding tert-OH is 1. The third-order valence-electron chi connectivity index (χ3n) is 3.37. The lowest BCUT2D eigenvalue weighted by Gasteiger charge is -2.13. The molecule has 1 atom stereocenters. The second kappa shape index (κ2) is 8.92. The molecule has 0 bridgehead atoms. The molecule has 1 heterocycles. The fraction of sp³-hybridized carbons (Fsp3) is 0.444. The maximum absolute atomic E-state index is 12.1. The zero-order chi connectivity index (χ0) is 17.5. The van der Waals surface area contributed by atoms with Crippen LogP contribution < -0.4 is 5.32 Å². The molecule has 0 fully saturated rings. The first-order valence-corrected chi connectivity index (χ1v) is 8.91. The summed E-state index contributed by atoms with van der Waals surface area (Å²) in [5.74, 6) is 0.135. The summed E-state index contributed by atoms with van der Waals surface area (Å²) < 4.78 is 5.36. The summed E-state index contributed by atoms with van der Waals surface area (Å²) in [7, 11) is 0. The van der Waals surface area contributed by atoms with E-state index in [2.05, 4.69) is 10.3 Å². The lowest BCUT2D eigenvalue weighted by atomic mass is 10.1. The van der Waals surface area contributed by atoms with Crippen LogP contribution in [0.2, 0.25) is 0 Å². The molecule has 1 aromatic carbocycles. The van der Waals surface area contributed by atoms with Crippen molar-refractivity contribution in [1.82, 2.24) is 10.3 Å². The van der Waals surface area contributed by atoms with Gasteiger partial charge in [0.05, 0.1) is 12.7 Å². The Hall–Kier alpha value is -1.76. The quantitative estimate of drug-likeness (QED) is 0.769. The van der Waals surface area contributed by atoms with E-state index in [-0.39, 0.29) is 19.1 Å². The fourth-order valence-electron chi connectivity index (χ4n) is 2.11. The highest BCUT2D eigenvalue weighted by molar-refractivity contribution is 7.13. The molecular formula is C18H24N2O3S. The number of aliphatic hydroxyl groups is 1. The van der Waals surface area contributed by atoms with Gasteiger partial charge in [-0.05, 0) is 18.4 Å². The summed E-state index contributed by atoms with van der Waals surface area (Å²) in [5.41, 5.74) is 2.52. The molecule has 0 saturated carbocycles. The SMILES string of the molecule is Cc1ccccc1-c1nc(C(=O)NCC(O)COCC(C)C)cs1. The van der Waals surface area contributed by atoms with E-state index in [1.54, 1.807) is 5.38 Å². The minimum absolute atomic E-state index is 0.147. The number of ether oxygens (including phenoxy) is 1. The summed E-state index contributed by atoms with van der Waals surface area (Å²) in [5, 5.41) is 15.1. The summed E-state index contributed by atoms with van der Waals surface area (Å²) in [6.45, 7) is 7.06. The third kappa shape index (κ3) is 5.40. The van der Waals surface area contributed by atoms with Gasteiger partial charge in [-0.15, -0.1) is 11.3 Å². The van der Waals surface area contributed by atoms with Crippen molar-refractivity contribution in [2.45, 2.75) is 26.9 Å². The smallest absolute Gasteiger partial charge is 0.270 e. The van der Waals surface area contributed by atoms with Crippen molar-refractivity contribution in [3.63, 3.8) is 0 Å². The van der Waals surface area contributed by atoms with Crippen LogP contribution in [0, 0.1) is 12.8 Å². The van der Waals surface area contributed by atoms with E-state index < -0.39 is 6.10 Å². The monoisotopic (exact) mass is 348 g/mol. The lowest BCUT2D eigenvalue weighted by Crippen LogP contribution is -2.35. The van der Waals surface area contributed by atoms with E-state index >= 15 is 0 Å². The molecule has 0 saturated heterocycles. The molecule has 0 spiro atoms. The third-order valence-corrected chi connectivity index (χ3v) is 4.25. The van der Waals surface area contributed by atoms with E-state index in [9.17, 15) is 9.90 Å². The number of hydrogen-bond acceptors (Lipinski definition) is 5. The van der Waals surface area contributed by atoms with Gasteiger partial charge in [0.25, 0.3) is 5.91 Å². The molecule has 6 heteroatoms.